The largest absolute Gasteiger partial charge is 0.462 e. The van der Waals surface area contributed by atoms with Crippen LogP contribution in [0.25, 0.3) is 10.9 Å². The first-order valence-electron chi connectivity index (χ1n) is 4.29. The van der Waals surface area contributed by atoms with E-state index in [4.69, 9.17) is 0 Å². The van der Waals surface area contributed by atoms with Gasteiger partial charge >= 0.3 is 12.5 Å². The smallest absolute Gasteiger partial charge is 0.408 e. The Kier molecular flexibility index (Phi) is 2.45. The van der Waals surface area contributed by atoms with Crippen LogP contribution in [0.1, 0.15) is 0 Å². The molecule has 1 aromatic carbocycles. The highest BCUT2D eigenvalue weighted by Crippen LogP contribution is 2.30. The van der Waals surface area contributed by atoms with E-state index in [-0.39, 0.29) is 5.39 Å². The molecule has 0 aliphatic rings. The molecule has 3 nitrogen and oxygen atoms in total. The summed E-state index contributed by atoms with van der Waals surface area (Å²) in [7, 11) is 0. The molecule has 2 rings (SSSR count). The van der Waals surface area contributed by atoms with Crippen LogP contribution in [0.2, 0.25) is 0 Å². The van der Waals surface area contributed by atoms with E-state index < -0.39 is 18.4 Å². The summed E-state index contributed by atoms with van der Waals surface area (Å²) in [6.07, 6.45) is -8.44. The van der Waals surface area contributed by atoms with Crippen LogP contribution in [-0.4, -0.2) is 22.7 Å². The lowest BCUT2D eigenvalue weighted by atomic mass is 10.2. The van der Waals surface area contributed by atoms with E-state index in [1.54, 1.807) is 18.2 Å². The second kappa shape index (κ2) is 3.66. The van der Waals surface area contributed by atoms with Crippen molar-refractivity contribution < 1.29 is 22.3 Å². The number of benzene rings is 1. The lowest BCUT2D eigenvalue weighted by Gasteiger charge is -2.14. The fraction of sp³-hybridized carbons (Fsp3) is 0.222. The van der Waals surface area contributed by atoms with E-state index >= 15 is 0 Å². The lowest BCUT2D eigenvalue weighted by Crippen LogP contribution is -2.33. The van der Waals surface area contributed by atoms with Gasteiger partial charge in [0.1, 0.15) is 0 Å². The number of H-pyrrole nitrogens is 1. The maximum Gasteiger partial charge on any atom is 0.462 e. The molecule has 0 amide bonds. The second-order valence-corrected chi connectivity index (χ2v) is 3.04. The summed E-state index contributed by atoms with van der Waals surface area (Å²) in [5.74, 6) is -0.541. The van der Waals surface area contributed by atoms with Crippen LogP contribution in [0.3, 0.4) is 0 Å². The number of hydrogen-bond acceptors (Lipinski definition) is 2. The highest BCUT2D eigenvalue weighted by Gasteiger charge is 2.44. The molecule has 0 saturated carbocycles. The maximum absolute atomic E-state index is 12.6. The lowest BCUT2D eigenvalue weighted by molar-refractivity contribution is -0.254. The van der Waals surface area contributed by atoms with Crippen LogP contribution in [-0.2, 0) is 0 Å². The first kappa shape index (κ1) is 10.7. The van der Waals surface area contributed by atoms with Crippen LogP contribution in [0, 0.1) is 0 Å². The van der Waals surface area contributed by atoms with Crippen molar-refractivity contribution in [2.75, 3.05) is 0 Å². The van der Waals surface area contributed by atoms with E-state index in [1.165, 1.54) is 6.07 Å². The molecule has 2 aromatic rings. The van der Waals surface area contributed by atoms with Crippen molar-refractivity contribution in [2.45, 2.75) is 12.5 Å². The molecule has 0 unspecified atom stereocenters. The van der Waals surface area contributed by atoms with Gasteiger partial charge in [-0.3, -0.25) is 5.10 Å². The zero-order valence-corrected chi connectivity index (χ0v) is 7.75. The zero-order valence-electron chi connectivity index (χ0n) is 7.75. The normalized spacial score (nSPS) is 12.3. The highest BCUT2D eigenvalue weighted by molar-refractivity contribution is 5.83. The molecule has 1 N–H and O–H groups in total. The number of rotatable bonds is 3. The van der Waals surface area contributed by atoms with Crippen molar-refractivity contribution in [3.05, 3.63) is 24.3 Å². The molecule has 7 heteroatoms. The summed E-state index contributed by atoms with van der Waals surface area (Å²) in [5, 5.41) is 6.02. The van der Waals surface area contributed by atoms with Gasteiger partial charge in [0.2, 0.25) is 5.88 Å². The quantitative estimate of drug-likeness (QED) is 0.829. The van der Waals surface area contributed by atoms with Gasteiger partial charge in [-0.1, -0.05) is 12.1 Å². The Morgan fingerprint density at radius 2 is 1.94 bits per heavy atom. The number of alkyl halides is 4. The van der Waals surface area contributed by atoms with Gasteiger partial charge in [0.05, 0.1) is 10.9 Å². The van der Waals surface area contributed by atoms with Gasteiger partial charge in [-0.2, -0.15) is 17.6 Å². The number of aromatic amines is 1. The van der Waals surface area contributed by atoms with Crippen molar-refractivity contribution in [3.63, 3.8) is 0 Å². The average molecular weight is 234 g/mol. The molecule has 1 heterocycles. The third-order valence-electron chi connectivity index (χ3n) is 1.92. The summed E-state index contributed by atoms with van der Waals surface area (Å²) in [4.78, 5) is 0. The van der Waals surface area contributed by atoms with E-state index in [2.05, 4.69) is 14.9 Å². The van der Waals surface area contributed by atoms with E-state index in [0.29, 0.717) is 5.52 Å². The number of nitrogens with zero attached hydrogens (tertiary/aromatic N) is 1. The summed E-state index contributed by atoms with van der Waals surface area (Å²) >= 11 is 0. The van der Waals surface area contributed by atoms with Crippen molar-refractivity contribution in [3.8, 4) is 5.88 Å². The number of para-hydroxylation sites is 1. The number of ether oxygens (including phenoxy) is 1. The molecule has 1 aromatic heterocycles. The first-order chi connectivity index (χ1) is 7.50. The molecule has 0 aliphatic heterocycles. The minimum Gasteiger partial charge on any atom is -0.408 e. The fourth-order valence-electron chi connectivity index (χ4n) is 1.19. The van der Waals surface area contributed by atoms with Crippen molar-refractivity contribution in [1.82, 2.24) is 10.2 Å². The molecule has 0 fully saturated rings. The Morgan fingerprint density at radius 1 is 1.25 bits per heavy atom. The Bertz CT molecular complexity index is 497. The molecular weight excluding hydrogens is 228 g/mol. The molecule has 86 valence electrons. The summed E-state index contributed by atoms with van der Waals surface area (Å²) in [5.41, 5.74) is 0.433. The predicted molar refractivity (Wildman–Crippen MR) is 47.7 cm³/mol. The summed E-state index contributed by atoms with van der Waals surface area (Å²) < 4.78 is 52.9. The molecule has 0 aliphatic carbocycles. The molecule has 0 radical (unpaired) electrons. The first-order valence-corrected chi connectivity index (χ1v) is 4.29. The molecule has 16 heavy (non-hydrogen) atoms. The van der Waals surface area contributed by atoms with E-state index in [0.717, 1.165) is 0 Å². The Hall–Kier alpha value is -1.79. The van der Waals surface area contributed by atoms with Crippen LogP contribution in [0.5, 0.6) is 5.88 Å². The molecule has 0 bridgehead atoms. The third kappa shape index (κ3) is 1.80. The van der Waals surface area contributed by atoms with Crippen LogP contribution in [0.15, 0.2) is 24.3 Å². The fourth-order valence-corrected chi connectivity index (χ4v) is 1.19. The zero-order chi connectivity index (χ0) is 11.8. The van der Waals surface area contributed by atoms with E-state index in [9.17, 15) is 17.6 Å². The minimum absolute atomic E-state index is 0.225. The average Bonchev–Trinajstić information content (AvgIpc) is 2.61. The standard InChI is InChI=1S/C9H6F4N2O/c10-8(11)9(12,13)16-7-5-3-1-2-4-6(5)14-15-7/h1-4,8H,(H,14,15). The van der Waals surface area contributed by atoms with Crippen LogP contribution in [0.4, 0.5) is 17.6 Å². The molecule has 0 atom stereocenters. The van der Waals surface area contributed by atoms with Gasteiger partial charge in [-0.05, 0) is 12.1 Å². The van der Waals surface area contributed by atoms with Crippen molar-refractivity contribution >= 4 is 10.9 Å². The second-order valence-electron chi connectivity index (χ2n) is 3.04. The van der Waals surface area contributed by atoms with Gasteiger partial charge < -0.3 is 4.74 Å². The van der Waals surface area contributed by atoms with Gasteiger partial charge in [0.15, 0.2) is 0 Å². The number of hydrogen-bond donors (Lipinski definition) is 1. The molecule has 0 spiro atoms. The number of nitrogens with one attached hydrogen (secondary N) is 1. The molecular formula is C9H6F4N2O. The number of aromatic nitrogens is 2. The number of fused-ring (bicyclic) bond motifs is 1. The third-order valence-corrected chi connectivity index (χ3v) is 1.92. The molecule has 0 saturated heterocycles. The van der Waals surface area contributed by atoms with E-state index in [1.807, 2.05) is 0 Å². The van der Waals surface area contributed by atoms with Crippen molar-refractivity contribution in [2.24, 2.45) is 0 Å². The number of halogens is 4. The Labute approximate surface area is 87.0 Å². The van der Waals surface area contributed by atoms with Gasteiger partial charge in [-0.15, -0.1) is 5.10 Å². The van der Waals surface area contributed by atoms with Crippen LogP contribution < -0.4 is 4.74 Å². The van der Waals surface area contributed by atoms with Crippen LogP contribution >= 0.6 is 0 Å². The summed E-state index contributed by atoms with van der Waals surface area (Å²) in [6.45, 7) is 0. The Balaban J connectivity index is 2.35. The van der Waals surface area contributed by atoms with Crippen molar-refractivity contribution in [1.29, 1.82) is 0 Å². The van der Waals surface area contributed by atoms with Gasteiger partial charge in [0, 0.05) is 0 Å². The summed E-state index contributed by atoms with van der Waals surface area (Å²) in [6, 6.07) is 6.21. The monoisotopic (exact) mass is 234 g/mol. The van der Waals surface area contributed by atoms with Gasteiger partial charge in [-0.25, -0.2) is 0 Å². The minimum atomic E-state index is -4.54. The Morgan fingerprint density at radius 3 is 2.62 bits per heavy atom. The maximum atomic E-state index is 12.6. The topological polar surface area (TPSA) is 37.9 Å². The SMILES string of the molecule is FC(F)C(F)(F)Oc1n[nH]c2ccccc12. The highest BCUT2D eigenvalue weighted by atomic mass is 19.3. The predicted octanol–water partition coefficient (Wildman–Crippen LogP) is 2.80. The van der Waals surface area contributed by atoms with Gasteiger partial charge in [0.25, 0.3) is 0 Å².